The van der Waals surface area contributed by atoms with Crippen LogP contribution in [-0.4, -0.2) is 57.7 Å². The number of rotatable bonds is 8. The molecule has 0 fully saturated rings. The summed E-state index contributed by atoms with van der Waals surface area (Å²) in [6.07, 6.45) is 5.87. The summed E-state index contributed by atoms with van der Waals surface area (Å²) in [5.41, 5.74) is 4.07. The Kier molecular flexibility index (Phi) is 7.64. The molecule has 0 aliphatic carbocycles. The van der Waals surface area contributed by atoms with Gasteiger partial charge in [-0.25, -0.2) is 4.99 Å². The summed E-state index contributed by atoms with van der Waals surface area (Å²) in [4.78, 5) is 31.5. The van der Waals surface area contributed by atoms with Crippen LogP contribution in [0, 0.1) is 13.8 Å². The maximum Gasteiger partial charge on any atom is 0.278 e. The van der Waals surface area contributed by atoms with E-state index in [1.807, 2.05) is 45.3 Å². The highest BCUT2D eigenvalue weighted by Crippen LogP contribution is 2.25. The van der Waals surface area contributed by atoms with Gasteiger partial charge >= 0.3 is 0 Å². The molecule has 9 heteroatoms. The highest BCUT2D eigenvalue weighted by Gasteiger charge is 2.30. The zero-order chi connectivity index (χ0) is 22.4. The molecule has 0 unspecified atom stereocenters. The Morgan fingerprint density at radius 2 is 2.13 bits per heavy atom. The van der Waals surface area contributed by atoms with E-state index in [1.54, 1.807) is 29.0 Å². The predicted octanol–water partition coefficient (Wildman–Crippen LogP) is 2.98. The maximum atomic E-state index is 12.9. The Labute approximate surface area is 186 Å². The molecule has 0 saturated carbocycles. The molecule has 31 heavy (non-hydrogen) atoms. The van der Waals surface area contributed by atoms with Crippen molar-refractivity contribution in [2.24, 2.45) is 12.0 Å². The molecule has 164 valence electrons. The quantitative estimate of drug-likeness (QED) is 0.503. The smallest absolute Gasteiger partial charge is 0.278 e. The van der Waals surface area contributed by atoms with Crippen molar-refractivity contribution in [3.63, 3.8) is 0 Å². The Morgan fingerprint density at radius 3 is 2.81 bits per heavy atom. The zero-order valence-electron chi connectivity index (χ0n) is 18.2. The fraction of sp³-hybridized carbons (Fsp3) is 0.364. The fourth-order valence-electron chi connectivity index (χ4n) is 3.15. The Balaban J connectivity index is 1.70. The topological polar surface area (TPSA) is 88.8 Å². The summed E-state index contributed by atoms with van der Waals surface area (Å²) in [6.45, 7) is 4.99. The summed E-state index contributed by atoms with van der Waals surface area (Å²) in [7, 11) is 3.44. The van der Waals surface area contributed by atoms with Crippen molar-refractivity contribution in [1.82, 2.24) is 14.7 Å². The third-order valence-electron chi connectivity index (χ3n) is 4.66. The van der Waals surface area contributed by atoms with Crippen LogP contribution >= 0.6 is 11.8 Å². The maximum absolute atomic E-state index is 12.9. The van der Waals surface area contributed by atoms with Crippen molar-refractivity contribution in [3.05, 3.63) is 53.0 Å². The molecular formula is C22H27N5O3S. The largest absolute Gasteiger partial charge is 0.385 e. The zero-order valence-corrected chi connectivity index (χ0v) is 19.0. The lowest BCUT2D eigenvalue weighted by Gasteiger charge is -2.17. The molecule has 3 rings (SSSR count). The molecule has 1 aliphatic heterocycles. The van der Waals surface area contributed by atoms with Crippen LogP contribution in [0.2, 0.25) is 0 Å². The highest BCUT2D eigenvalue weighted by molar-refractivity contribution is 8.14. The number of benzene rings is 1. The van der Waals surface area contributed by atoms with Crippen LogP contribution in [0.5, 0.6) is 0 Å². The van der Waals surface area contributed by atoms with E-state index in [0.29, 0.717) is 30.4 Å². The van der Waals surface area contributed by atoms with Gasteiger partial charge in [0.15, 0.2) is 5.17 Å². The molecular weight excluding hydrogens is 414 g/mol. The molecule has 0 spiro atoms. The molecule has 0 bridgehead atoms. The summed E-state index contributed by atoms with van der Waals surface area (Å²) < 4.78 is 6.77. The lowest BCUT2D eigenvalue weighted by atomic mass is 10.1. The number of carbonyl (C=O) groups excluding carboxylic acids is 2. The third kappa shape index (κ3) is 6.05. The third-order valence-corrected chi connectivity index (χ3v) is 5.63. The van der Waals surface area contributed by atoms with E-state index >= 15 is 0 Å². The van der Waals surface area contributed by atoms with Crippen molar-refractivity contribution >= 4 is 40.5 Å². The number of nitrogens with zero attached hydrogens (tertiary/aromatic N) is 4. The average Bonchev–Trinajstić information content (AvgIpc) is 3.26. The first-order chi connectivity index (χ1) is 14.9. The lowest BCUT2D eigenvalue weighted by molar-refractivity contribution is -0.122. The van der Waals surface area contributed by atoms with Gasteiger partial charge in [0.25, 0.3) is 5.91 Å². The number of thioether (sulfide) groups is 1. The van der Waals surface area contributed by atoms with Gasteiger partial charge in [-0.05, 0) is 38.0 Å². The molecule has 2 heterocycles. The number of anilines is 1. The van der Waals surface area contributed by atoms with Crippen LogP contribution in [0.25, 0.3) is 6.08 Å². The predicted molar refractivity (Wildman–Crippen MR) is 124 cm³/mol. The standard InChI is InChI=1S/C22H27N5O3S/c1-15-6-7-18(16(2)10-15)24-20(28)14-31-22-25-19(11-17-12-23-26(3)13-17)21(29)27(22)8-5-9-30-4/h6-7,10-13H,5,8-9,14H2,1-4H3,(H,24,28)/b19-11+. The van der Waals surface area contributed by atoms with Crippen LogP contribution in [0.15, 0.2) is 41.3 Å². The normalized spacial score (nSPS) is 15.0. The minimum absolute atomic E-state index is 0.145. The first kappa shape index (κ1) is 22.8. The van der Waals surface area contributed by atoms with Gasteiger partial charge in [0, 0.05) is 44.8 Å². The van der Waals surface area contributed by atoms with Crippen molar-refractivity contribution < 1.29 is 14.3 Å². The van der Waals surface area contributed by atoms with Crippen LogP contribution < -0.4 is 5.32 Å². The van der Waals surface area contributed by atoms with E-state index < -0.39 is 0 Å². The number of aryl methyl sites for hydroxylation is 3. The van der Waals surface area contributed by atoms with E-state index in [-0.39, 0.29) is 17.6 Å². The van der Waals surface area contributed by atoms with Crippen LogP contribution in [0.1, 0.15) is 23.1 Å². The van der Waals surface area contributed by atoms with Crippen LogP contribution in [-0.2, 0) is 21.4 Å². The van der Waals surface area contributed by atoms with Crippen molar-refractivity contribution in [1.29, 1.82) is 0 Å². The molecule has 0 saturated heterocycles. The van der Waals surface area contributed by atoms with Gasteiger partial charge in [0.05, 0.1) is 11.9 Å². The van der Waals surface area contributed by atoms with E-state index in [4.69, 9.17) is 4.74 Å². The van der Waals surface area contributed by atoms with Gasteiger partial charge in [0.1, 0.15) is 5.70 Å². The molecule has 1 aliphatic rings. The van der Waals surface area contributed by atoms with Crippen molar-refractivity contribution in [3.8, 4) is 0 Å². The second-order valence-corrected chi connectivity index (χ2v) is 8.27. The Bertz CT molecular complexity index is 1030. The molecule has 0 atom stereocenters. The molecule has 8 nitrogen and oxygen atoms in total. The Morgan fingerprint density at radius 1 is 1.32 bits per heavy atom. The Hall–Kier alpha value is -2.91. The monoisotopic (exact) mass is 441 g/mol. The summed E-state index contributed by atoms with van der Waals surface area (Å²) in [5, 5.41) is 7.57. The number of ether oxygens (including phenoxy) is 1. The van der Waals surface area contributed by atoms with E-state index in [1.165, 1.54) is 11.8 Å². The minimum Gasteiger partial charge on any atom is -0.385 e. The SMILES string of the molecule is COCCCN1C(=O)/C(=C\c2cnn(C)c2)N=C1SCC(=O)Nc1ccc(C)cc1C. The molecule has 1 aromatic carbocycles. The van der Waals surface area contributed by atoms with E-state index in [0.717, 1.165) is 22.4 Å². The van der Waals surface area contributed by atoms with Gasteiger partial charge in [-0.2, -0.15) is 5.10 Å². The van der Waals surface area contributed by atoms with Gasteiger partial charge in [0.2, 0.25) is 5.91 Å². The van der Waals surface area contributed by atoms with Gasteiger partial charge in [-0.15, -0.1) is 0 Å². The van der Waals surface area contributed by atoms with Crippen LogP contribution in [0.3, 0.4) is 0 Å². The second kappa shape index (κ2) is 10.4. The number of aliphatic imine (C=N–C) groups is 1. The second-order valence-electron chi connectivity index (χ2n) is 7.33. The number of hydrogen-bond acceptors (Lipinski definition) is 6. The summed E-state index contributed by atoms with van der Waals surface area (Å²) >= 11 is 1.25. The molecule has 1 aromatic heterocycles. The molecule has 2 amide bonds. The van der Waals surface area contributed by atoms with Crippen molar-refractivity contribution in [2.45, 2.75) is 20.3 Å². The number of hydrogen-bond donors (Lipinski definition) is 1. The average molecular weight is 442 g/mol. The van der Waals surface area contributed by atoms with E-state index in [2.05, 4.69) is 15.4 Å². The number of amides is 2. The van der Waals surface area contributed by atoms with Gasteiger partial charge < -0.3 is 10.1 Å². The molecule has 2 aromatic rings. The number of aromatic nitrogens is 2. The number of amidine groups is 1. The summed E-state index contributed by atoms with van der Waals surface area (Å²) in [6, 6.07) is 5.88. The minimum atomic E-state index is -0.183. The van der Waals surface area contributed by atoms with Crippen LogP contribution in [0.4, 0.5) is 5.69 Å². The number of carbonyl (C=O) groups is 2. The highest BCUT2D eigenvalue weighted by atomic mass is 32.2. The summed E-state index contributed by atoms with van der Waals surface area (Å²) in [5.74, 6) is -0.175. The van der Waals surface area contributed by atoms with Crippen molar-refractivity contribution in [2.75, 3.05) is 31.3 Å². The van der Waals surface area contributed by atoms with Gasteiger partial charge in [-0.1, -0.05) is 29.5 Å². The first-order valence-corrected chi connectivity index (χ1v) is 11.0. The molecule has 1 N–H and O–H groups in total. The first-order valence-electron chi connectivity index (χ1n) is 9.97. The number of methoxy groups -OCH3 is 1. The van der Waals surface area contributed by atoms with E-state index in [9.17, 15) is 9.59 Å². The van der Waals surface area contributed by atoms with Gasteiger partial charge in [-0.3, -0.25) is 19.2 Å². The molecule has 0 radical (unpaired) electrons. The lowest BCUT2D eigenvalue weighted by Crippen LogP contribution is -2.32. The fourth-order valence-corrected chi connectivity index (χ4v) is 3.97. The number of nitrogens with one attached hydrogen (secondary N) is 1.